The average Bonchev–Trinajstić information content (AvgIpc) is 3.00. The number of furan rings is 1. The lowest BCUT2D eigenvalue weighted by Gasteiger charge is -2.56. The van der Waals surface area contributed by atoms with Crippen LogP contribution in [0.15, 0.2) is 34.5 Å². The average molecular weight is 305 g/mol. The molecule has 0 radical (unpaired) electrons. The molecular formula is C18H27NO3. The molecule has 1 fully saturated rings. The van der Waals surface area contributed by atoms with Crippen LogP contribution in [0.2, 0.25) is 0 Å². The first kappa shape index (κ1) is 15.8. The Morgan fingerprint density at radius 3 is 3.05 bits per heavy atom. The lowest BCUT2D eigenvalue weighted by molar-refractivity contribution is -0.0235. The second kappa shape index (κ2) is 6.57. The molecule has 22 heavy (non-hydrogen) atoms. The van der Waals surface area contributed by atoms with Gasteiger partial charge in [-0.25, -0.2) is 0 Å². The Balaban J connectivity index is 1.32. The fraction of sp³-hybridized carbons (Fsp3) is 0.667. The van der Waals surface area contributed by atoms with Gasteiger partial charge in [0.15, 0.2) is 0 Å². The third-order valence-electron chi connectivity index (χ3n) is 5.42. The van der Waals surface area contributed by atoms with Crippen molar-refractivity contribution < 1.29 is 14.3 Å². The number of ether oxygens (including phenoxy) is 1. The van der Waals surface area contributed by atoms with Crippen LogP contribution in [0.5, 0.6) is 0 Å². The summed E-state index contributed by atoms with van der Waals surface area (Å²) in [6.07, 6.45) is 6.03. The van der Waals surface area contributed by atoms with Crippen molar-refractivity contribution in [3.8, 4) is 0 Å². The first-order valence-corrected chi connectivity index (χ1v) is 8.25. The van der Waals surface area contributed by atoms with Crippen molar-refractivity contribution in [3.63, 3.8) is 0 Å². The molecule has 1 aromatic rings. The van der Waals surface area contributed by atoms with Crippen LogP contribution in [-0.4, -0.2) is 31.0 Å². The molecule has 0 unspecified atom stereocenters. The van der Waals surface area contributed by atoms with E-state index < -0.39 is 6.10 Å². The smallest absolute Gasteiger partial charge is 0.117 e. The summed E-state index contributed by atoms with van der Waals surface area (Å²) >= 11 is 0. The quantitative estimate of drug-likeness (QED) is 0.725. The van der Waals surface area contributed by atoms with E-state index in [0.29, 0.717) is 37.6 Å². The minimum atomic E-state index is -0.485. The van der Waals surface area contributed by atoms with Gasteiger partial charge in [0.05, 0.1) is 32.1 Å². The van der Waals surface area contributed by atoms with Crippen molar-refractivity contribution >= 4 is 0 Å². The summed E-state index contributed by atoms with van der Waals surface area (Å²) in [5.41, 5.74) is 1.87. The third-order valence-corrected chi connectivity index (χ3v) is 5.42. The molecule has 1 saturated carbocycles. The van der Waals surface area contributed by atoms with Crippen molar-refractivity contribution in [1.82, 2.24) is 5.32 Å². The summed E-state index contributed by atoms with van der Waals surface area (Å²) in [5.74, 6) is 2.42. The molecule has 4 nitrogen and oxygen atoms in total. The normalized spacial score (nSPS) is 27.1. The van der Waals surface area contributed by atoms with Crippen LogP contribution in [0.4, 0.5) is 0 Å². The Hall–Kier alpha value is -1.10. The fourth-order valence-electron chi connectivity index (χ4n) is 3.79. The van der Waals surface area contributed by atoms with Crippen molar-refractivity contribution in [3.05, 3.63) is 35.8 Å². The van der Waals surface area contributed by atoms with Crippen LogP contribution in [0.3, 0.4) is 0 Å². The van der Waals surface area contributed by atoms with Crippen LogP contribution in [0.25, 0.3) is 0 Å². The molecule has 0 saturated heterocycles. The molecule has 3 aliphatic rings. The summed E-state index contributed by atoms with van der Waals surface area (Å²) in [6.45, 7) is 6.91. The third kappa shape index (κ3) is 3.29. The second-order valence-electron chi connectivity index (χ2n) is 7.20. The topological polar surface area (TPSA) is 54.6 Å². The van der Waals surface area contributed by atoms with E-state index in [4.69, 9.17) is 9.15 Å². The maximum absolute atomic E-state index is 9.95. The van der Waals surface area contributed by atoms with Gasteiger partial charge < -0.3 is 19.6 Å². The number of rotatable bonds is 8. The molecule has 3 aliphatic carbocycles. The molecule has 122 valence electrons. The summed E-state index contributed by atoms with van der Waals surface area (Å²) in [5, 5.41) is 13.1. The highest BCUT2D eigenvalue weighted by atomic mass is 16.5. The molecule has 4 rings (SSSR count). The predicted molar refractivity (Wildman–Crippen MR) is 85.3 cm³/mol. The summed E-state index contributed by atoms with van der Waals surface area (Å²) in [6, 6.07) is 3.78. The highest BCUT2D eigenvalue weighted by Crippen LogP contribution is 2.59. The van der Waals surface area contributed by atoms with E-state index in [9.17, 15) is 5.11 Å². The van der Waals surface area contributed by atoms with Crippen molar-refractivity contribution in [1.29, 1.82) is 0 Å². The zero-order valence-corrected chi connectivity index (χ0v) is 13.5. The van der Waals surface area contributed by atoms with E-state index in [1.165, 1.54) is 18.4 Å². The van der Waals surface area contributed by atoms with Gasteiger partial charge in [-0.05, 0) is 47.8 Å². The largest absolute Gasteiger partial charge is 0.468 e. The molecule has 2 bridgehead atoms. The van der Waals surface area contributed by atoms with E-state index in [1.54, 1.807) is 6.26 Å². The number of hydrogen-bond acceptors (Lipinski definition) is 4. The number of nitrogens with one attached hydrogen (secondary N) is 1. The second-order valence-corrected chi connectivity index (χ2v) is 7.20. The number of fused-ring (bicyclic) bond motifs is 1. The van der Waals surface area contributed by atoms with Gasteiger partial charge in [-0.2, -0.15) is 0 Å². The molecule has 1 aromatic heterocycles. The number of aliphatic hydroxyl groups excluding tert-OH is 1. The van der Waals surface area contributed by atoms with Crippen LogP contribution < -0.4 is 5.32 Å². The van der Waals surface area contributed by atoms with Crippen LogP contribution in [0.1, 0.15) is 32.4 Å². The summed E-state index contributed by atoms with van der Waals surface area (Å²) in [7, 11) is 0. The standard InChI is InChI=1S/C18H27NO3/c1-18(2)14-6-5-13(17(18)8-14)11-21-12-15(20)9-19-10-16-4-3-7-22-16/h3-5,7,14-15,17,19-20H,6,8-12H2,1-2H3/t14-,15+,17+/m0/s1. The molecular weight excluding hydrogens is 278 g/mol. The maximum Gasteiger partial charge on any atom is 0.117 e. The van der Waals surface area contributed by atoms with Gasteiger partial charge >= 0.3 is 0 Å². The zero-order valence-electron chi connectivity index (χ0n) is 13.5. The number of aliphatic hydroxyl groups is 1. The Morgan fingerprint density at radius 2 is 2.36 bits per heavy atom. The van der Waals surface area contributed by atoms with Gasteiger partial charge in [-0.3, -0.25) is 0 Å². The molecule has 3 atom stereocenters. The van der Waals surface area contributed by atoms with E-state index >= 15 is 0 Å². The van der Waals surface area contributed by atoms with Crippen LogP contribution in [0, 0.1) is 17.3 Å². The van der Waals surface area contributed by atoms with E-state index in [-0.39, 0.29) is 0 Å². The maximum atomic E-state index is 9.95. The Morgan fingerprint density at radius 1 is 1.50 bits per heavy atom. The Kier molecular flexibility index (Phi) is 4.71. The molecule has 0 spiro atoms. The van der Waals surface area contributed by atoms with Gasteiger partial charge in [0.2, 0.25) is 0 Å². The number of hydrogen-bond donors (Lipinski definition) is 2. The summed E-state index contributed by atoms with van der Waals surface area (Å²) in [4.78, 5) is 0. The monoisotopic (exact) mass is 305 g/mol. The van der Waals surface area contributed by atoms with Gasteiger partial charge in [0, 0.05) is 6.54 Å². The predicted octanol–water partition coefficient (Wildman–Crippen LogP) is 2.74. The van der Waals surface area contributed by atoms with Crippen LogP contribution >= 0.6 is 0 Å². The molecule has 0 aromatic carbocycles. The van der Waals surface area contributed by atoms with Crippen molar-refractivity contribution in [2.45, 2.75) is 39.3 Å². The highest BCUT2D eigenvalue weighted by molar-refractivity contribution is 5.23. The van der Waals surface area contributed by atoms with Crippen LogP contribution in [-0.2, 0) is 11.3 Å². The van der Waals surface area contributed by atoms with Crippen molar-refractivity contribution in [2.75, 3.05) is 19.8 Å². The molecule has 2 N–H and O–H groups in total. The number of allylic oxidation sites excluding steroid dienone is 1. The van der Waals surface area contributed by atoms with E-state index in [1.807, 2.05) is 12.1 Å². The molecule has 4 heteroatoms. The first-order chi connectivity index (χ1) is 10.6. The molecule has 0 amide bonds. The SMILES string of the molecule is CC1(C)[C@H]2CC=C(COC[C@H](O)CNCc3ccco3)[C@H]1C2. The van der Waals surface area contributed by atoms with E-state index in [0.717, 1.165) is 11.7 Å². The van der Waals surface area contributed by atoms with Gasteiger partial charge in [-0.1, -0.05) is 19.9 Å². The molecule has 0 aliphatic heterocycles. The molecule has 1 heterocycles. The van der Waals surface area contributed by atoms with E-state index in [2.05, 4.69) is 25.2 Å². The van der Waals surface area contributed by atoms with Gasteiger partial charge in [0.25, 0.3) is 0 Å². The Bertz CT molecular complexity index is 506. The van der Waals surface area contributed by atoms with Gasteiger partial charge in [-0.15, -0.1) is 0 Å². The minimum Gasteiger partial charge on any atom is -0.468 e. The highest BCUT2D eigenvalue weighted by Gasteiger charge is 2.50. The Labute approximate surface area is 132 Å². The van der Waals surface area contributed by atoms with Crippen molar-refractivity contribution in [2.24, 2.45) is 17.3 Å². The fourth-order valence-corrected chi connectivity index (χ4v) is 3.79. The van der Waals surface area contributed by atoms with Gasteiger partial charge in [0.1, 0.15) is 5.76 Å². The lowest BCUT2D eigenvalue weighted by Crippen LogP contribution is -2.48. The first-order valence-electron chi connectivity index (χ1n) is 8.25. The zero-order chi connectivity index (χ0) is 15.6. The summed E-state index contributed by atoms with van der Waals surface area (Å²) < 4.78 is 11.0. The minimum absolute atomic E-state index is 0.374. The lowest BCUT2D eigenvalue weighted by atomic mass is 9.49.